The molecule has 0 spiro atoms. The molecule has 0 unspecified atom stereocenters. The molecule has 1 amide bonds. The molecule has 1 aromatic heterocycles. The van der Waals surface area contributed by atoms with Crippen molar-refractivity contribution in [2.45, 2.75) is 5.22 Å². The Morgan fingerprint density at radius 3 is 2.74 bits per heavy atom. The summed E-state index contributed by atoms with van der Waals surface area (Å²) in [5.41, 5.74) is 2.07. The lowest BCUT2D eigenvalue weighted by Crippen LogP contribution is -2.46. The fourth-order valence-electron chi connectivity index (χ4n) is 3.58. The van der Waals surface area contributed by atoms with Crippen LogP contribution in [0.4, 0.5) is 17.1 Å². The maximum atomic E-state index is 12.6. The van der Waals surface area contributed by atoms with Gasteiger partial charge in [-0.25, -0.2) is 0 Å². The van der Waals surface area contributed by atoms with E-state index in [1.165, 1.54) is 12.1 Å². The molecule has 2 aromatic carbocycles. The Morgan fingerprint density at radius 1 is 1.18 bits per heavy atom. The minimum atomic E-state index is -0.491. The van der Waals surface area contributed by atoms with Gasteiger partial charge in [0.15, 0.2) is 0 Å². The van der Waals surface area contributed by atoms with Crippen molar-refractivity contribution in [1.82, 2.24) is 15.1 Å². The number of anilines is 2. The van der Waals surface area contributed by atoms with Crippen LogP contribution in [0.15, 0.2) is 58.2 Å². The molecule has 1 aliphatic rings. The van der Waals surface area contributed by atoms with Crippen molar-refractivity contribution in [3.05, 3.63) is 58.6 Å². The lowest BCUT2D eigenvalue weighted by atomic mass is 10.2. The number of rotatable bonds is 8. The Kier molecular flexibility index (Phi) is 7.41. The van der Waals surface area contributed by atoms with Crippen molar-refractivity contribution in [3.63, 3.8) is 0 Å². The number of hydrogen-bond acceptors (Lipinski definition) is 9. The second-order valence-corrected chi connectivity index (χ2v) is 8.43. The van der Waals surface area contributed by atoms with Crippen molar-refractivity contribution in [3.8, 4) is 23.8 Å². The summed E-state index contributed by atoms with van der Waals surface area (Å²) >= 11 is 1.10. The lowest BCUT2D eigenvalue weighted by Gasteiger charge is -2.36. The van der Waals surface area contributed by atoms with Gasteiger partial charge < -0.3 is 14.6 Å². The first kappa shape index (κ1) is 23.3. The largest absolute Gasteiger partial charge is 0.411 e. The number of para-hydroxylation sites is 2. The predicted octanol–water partition coefficient (Wildman–Crippen LogP) is 3.13. The minimum absolute atomic E-state index is 0.0691. The molecule has 0 atom stereocenters. The molecule has 11 heteroatoms. The van der Waals surface area contributed by atoms with Crippen molar-refractivity contribution in [1.29, 1.82) is 0 Å². The van der Waals surface area contributed by atoms with Gasteiger partial charge in [-0.05, 0) is 18.2 Å². The molecule has 0 bridgehead atoms. The van der Waals surface area contributed by atoms with E-state index >= 15 is 0 Å². The van der Waals surface area contributed by atoms with Crippen molar-refractivity contribution in [2.24, 2.45) is 0 Å². The van der Waals surface area contributed by atoms with Gasteiger partial charge >= 0.3 is 0 Å². The van der Waals surface area contributed by atoms with Crippen LogP contribution in [0.1, 0.15) is 0 Å². The molecular weight excluding hydrogens is 456 g/mol. The highest BCUT2D eigenvalue weighted by Crippen LogP contribution is 2.28. The Balaban J connectivity index is 1.35. The van der Waals surface area contributed by atoms with Crippen LogP contribution in [-0.4, -0.2) is 64.4 Å². The molecular formula is C23H22N6O4S. The van der Waals surface area contributed by atoms with E-state index < -0.39 is 4.92 Å². The van der Waals surface area contributed by atoms with Crippen LogP contribution in [0.5, 0.6) is 0 Å². The SMILES string of the molecule is C#CCN1CCN(c2ccccc2NC(=O)CSc2nnc(-c3cccc([N+](=O)[O-])c3)o2)CC1. The maximum absolute atomic E-state index is 12.6. The summed E-state index contributed by atoms with van der Waals surface area (Å²) in [6.45, 7) is 4.03. The number of aromatic nitrogens is 2. The zero-order chi connectivity index (χ0) is 23.9. The average molecular weight is 479 g/mol. The summed E-state index contributed by atoms with van der Waals surface area (Å²) in [5.74, 6) is 2.69. The summed E-state index contributed by atoms with van der Waals surface area (Å²) in [5, 5.41) is 22.0. The summed E-state index contributed by atoms with van der Waals surface area (Å²) in [6, 6.07) is 13.6. The van der Waals surface area contributed by atoms with Gasteiger partial charge in [0.1, 0.15) is 0 Å². The highest BCUT2D eigenvalue weighted by atomic mass is 32.2. The van der Waals surface area contributed by atoms with Crippen LogP contribution < -0.4 is 10.2 Å². The number of benzene rings is 2. The molecule has 3 aromatic rings. The van der Waals surface area contributed by atoms with Gasteiger partial charge in [0.2, 0.25) is 11.8 Å². The number of thioether (sulfide) groups is 1. The number of nitrogens with one attached hydrogen (secondary N) is 1. The first-order chi connectivity index (χ1) is 16.5. The fourth-order valence-corrected chi connectivity index (χ4v) is 4.15. The molecule has 0 saturated carbocycles. The molecule has 4 rings (SSSR count). The van der Waals surface area contributed by atoms with E-state index in [0.717, 1.165) is 49.3 Å². The number of nitro groups is 1. The van der Waals surface area contributed by atoms with Crippen molar-refractivity contribution in [2.75, 3.05) is 48.7 Å². The first-order valence-electron chi connectivity index (χ1n) is 10.5. The number of piperazine rings is 1. The fraction of sp³-hybridized carbons (Fsp3) is 0.261. The Morgan fingerprint density at radius 2 is 1.97 bits per heavy atom. The van der Waals surface area contributed by atoms with Gasteiger partial charge in [0.25, 0.3) is 10.9 Å². The third-order valence-corrected chi connectivity index (χ3v) is 6.06. The highest BCUT2D eigenvalue weighted by Gasteiger charge is 2.20. The second-order valence-electron chi connectivity index (χ2n) is 7.50. The molecule has 1 saturated heterocycles. The van der Waals surface area contributed by atoms with Crippen LogP contribution >= 0.6 is 11.8 Å². The van der Waals surface area contributed by atoms with Crippen LogP contribution in [0.3, 0.4) is 0 Å². The monoisotopic (exact) mass is 478 g/mol. The smallest absolute Gasteiger partial charge is 0.277 e. The number of non-ortho nitro benzene ring substituents is 1. The highest BCUT2D eigenvalue weighted by molar-refractivity contribution is 7.99. The van der Waals surface area contributed by atoms with E-state index in [-0.39, 0.29) is 28.5 Å². The number of carbonyl (C=O) groups is 1. The molecule has 1 fully saturated rings. The Bertz CT molecular complexity index is 1220. The molecule has 1 N–H and O–H groups in total. The van der Waals surface area contributed by atoms with Gasteiger partial charge in [-0.3, -0.25) is 19.8 Å². The normalized spacial score (nSPS) is 13.9. The topological polar surface area (TPSA) is 118 Å². The molecule has 34 heavy (non-hydrogen) atoms. The van der Waals surface area contributed by atoms with Gasteiger partial charge in [-0.1, -0.05) is 35.9 Å². The van der Waals surface area contributed by atoms with E-state index in [4.69, 9.17) is 10.8 Å². The molecule has 1 aliphatic heterocycles. The zero-order valence-electron chi connectivity index (χ0n) is 18.2. The van der Waals surface area contributed by atoms with E-state index in [2.05, 4.69) is 31.2 Å². The summed E-state index contributed by atoms with van der Waals surface area (Å²) in [6.07, 6.45) is 5.41. The lowest BCUT2D eigenvalue weighted by molar-refractivity contribution is -0.384. The van der Waals surface area contributed by atoms with Crippen LogP contribution in [-0.2, 0) is 4.79 Å². The first-order valence-corrected chi connectivity index (χ1v) is 11.5. The summed E-state index contributed by atoms with van der Waals surface area (Å²) in [4.78, 5) is 27.5. The predicted molar refractivity (Wildman–Crippen MR) is 130 cm³/mol. The minimum Gasteiger partial charge on any atom is -0.411 e. The number of hydrogen-bond donors (Lipinski definition) is 1. The van der Waals surface area contributed by atoms with Gasteiger partial charge in [0.05, 0.1) is 28.6 Å². The third kappa shape index (κ3) is 5.72. The van der Waals surface area contributed by atoms with Gasteiger partial charge in [-0.2, -0.15) is 0 Å². The molecule has 0 aliphatic carbocycles. The number of carbonyl (C=O) groups excluding carboxylic acids is 1. The zero-order valence-corrected chi connectivity index (χ0v) is 19.0. The molecule has 174 valence electrons. The summed E-state index contributed by atoms with van der Waals surface area (Å²) in [7, 11) is 0. The Labute approximate surface area is 200 Å². The number of amides is 1. The number of terminal acetylenes is 1. The van der Waals surface area contributed by atoms with Crippen LogP contribution in [0.2, 0.25) is 0 Å². The van der Waals surface area contributed by atoms with E-state index in [9.17, 15) is 14.9 Å². The Hall–Kier alpha value is -3.88. The van der Waals surface area contributed by atoms with E-state index in [0.29, 0.717) is 12.1 Å². The van der Waals surface area contributed by atoms with E-state index in [1.54, 1.807) is 12.1 Å². The average Bonchev–Trinajstić information content (AvgIpc) is 3.33. The maximum Gasteiger partial charge on any atom is 0.277 e. The van der Waals surface area contributed by atoms with Crippen molar-refractivity contribution < 1.29 is 14.1 Å². The number of nitrogens with zero attached hydrogens (tertiary/aromatic N) is 5. The standard InChI is InChI=1S/C23H22N6O4S/c1-2-10-27-11-13-28(14-12-27)20-9-4-3-8-19(20)24-21(30)16-34-23-26-25-22(33-23)17-6-5-7-18(15-17)29(31)32/h1,3-9,15H,10-14,16H2,(H,24,30). The van der Waals surface area contributed by atoms with E-state index in [1.807, 2.05) is 24.3 Å². The van der Waals surface area contributed by atoms with Crippen LogP contribution in [0.25, 0.3) is 11.5 Å². The second kappa shape index (κ2) is 10.8. The third-order valence-electron chi connectivity index (χ3n) is 5.24. The van der Waals surface area contributed by atoms with Crippen LogP contribution in [0, 0.1) is 22.5 Å². The molecule has 0 radical (unpaired) electrons. The quantitative estimate of drug-likeness (QED) is 0.225. The van der Waals surface area contributed by atoms with Crippen molar-refractivity contribution >= 4 is 34.7 Å². The summed E-state index contributed by atoms with van der Waals surface area (Å²) < 4.78 is 5.57. The van der Waals surface area contributed by atoms with Gasteiger partial charge in [-0.15, -0.1) is 16.6 Å². The molecule has 2 heterocycles. The van der Waals surface area contributed by atoms with Gasteiger partial charge in [0, 0.05) is 43.9 Å². The molecule has 10 nitrogen and oxygen atoms in total. The number of nitro benzene ring substituents is 1.